The molecule has 3 fully saturated rings. The van der Waals surface area contributed by atoms with Gasteiger partial charge in [-0.2, -0.15) is 0 Å². The van der Waals surface area contributed by atoms with E-state index in [1.807, 2.05) is 11.8 Å². The van der Waals surface area contributed by atoms with Crippen molar-refractivity contribution in [3.8, 4) is 0 Å². The van der Waals surface area contributed by atoms with Crippen LogP contribution in [0.2, 0.25) is 0 Å². The quantitative estimate of drug-likeness (QED) is 0.442. The monoisotopic (exact) mass is 375 g/mol. The van der Waals surface area contributed by atoms with Crippen molar-refractivity contribution in [1.82, 2.24) is 15.5 Å². The second kappa shape index (κ2) is 5.41. The van der Waals surface area contributed by atoms with Crippen molar-refractivity contribution in [2.45, 2.75) is 50.2 Å². The lowest BCUT2D eigenvalue weighted by Gasteiger charge is -2.39. The van der Waals surface area contributed by atoms with Crippen LogP contribution in [-0.4, -0.2) is 72.0 Å². The van der Waals surface area contributed by atoms with E-state index in [2.05, 4.69) is 10.6 Å². The van der Waals surface area contributed by atoms with Gasteiger partial charge in [-0.1, -0.05) is 0 Å². The number of hydrogen-bond donors (Lipinski definition) is 3. The molecule has 8 heteroatoms. The zero-order valence-corrected chi connectivity index (χ0v) is 15.8. The number of fused-ring (bicyclic) bond motifs is 4. The zero-order chi connectivity index (χ0) is 19.1. The molecule has 4 aliphatic heterocycles. The maximum atomic E-state index is 13.5. The molecule has 0 aromatic heterocycles. The van der Waals surface area contributed by atoms with Gasteiger partial charge in [-0.15, -0.1) is 0 Å². The highest BCUT2D eigenvalue weighted by atomic mass is 16.5. The van der Waals surface area contributed by atoms with Crippen molar-refractivity contribution in [3.05, 3.63) is 22.5 Å². The summed E-state index contributed by atoms with van der Waals surface area (Å²) in [7, 11) is 1.58. The highest BCUT2D eigenvalue weighted by Crippen LogP contribution is 2.55. The summed E-state index contributed by atoms with van der Waals surface area (Å²) in [6.45, 7) is 4.55. The van der Waals surface area contributed by atoms with E-state index >= 15 is 0 Å². The van der Waals surface area contributed by atoms with Gasteiger partial charge in [0.1, 0.15) is 5.72 Å². The first-order chi connectivity index (χ1) is 12.9. The number of methoxy groups -OCH3 is 1. The number of carbonyl (C=O) groups is 2. The molecule has 0 aromatic rings. The number of rotatable bonds is 4. The second-order valence-electron chi connectivity index (χ2n) is 8.28. The average Bonchev–Trinajstić information content (AvgIpc) is 3.04. The first-order valence-corrected chi connectivity index (χ1v) is 9.54. The van der Waals surface area contributed by atoms with Crippen molar-refractivity contribution >= 4 is 11.6 Å². The Kier molecular flexibility index (Phi) is 3.48. The second-order valence-corrected chi connectivity index (χ2v) is 8.28. The summed E-state index contributed by atoms with van der Waals surface area (Å²) < 4.78 is 11.6. The van der Waals surface area contributed by atoms with Gasteiger partial charge in [0.15, 0.2) is 5.72 Å². The number of nitrogens with zero attached hydrogens (tertiary/aromatic N) is 1. The van der Waals surface area contributed by atoms with Crippen molar-refractivity contribution in [2.75, 3.05) is 26.9 Å². The average molecular weight is 375 g/mol. The Labute approximate surface area is 157 Å². The fraction of sp³-hybridized carbons (Fsp3) is 0.684. The van der Waals surface area contributed by atoms with Gasteiger partial charge in [0.05, 0.1) is 30.0 Å². The van der Waals surface area contributed by atoms with E-state index in [4.69, 9.17) is 9.47 Å². The highest BCUT2D eigenvalue weighted by molar-refractivity contribution is 6.25. The van der Waals surface area contributed by atoms with E-state index in [9.17, 15) is 14.7 Å². The van der Waals surface area contributed by atoms with Gasteiger partial charge in [0.2, 0.25) is 11.6 Å². The molecule has 3 N–H and O–H groups in total. The van der Waals surface area contributed by atoms with Crippen LogP contribution in [0.15, 0.2) is 22.5 Å². The van der Waals surface area contributed by atoms with Crippen molar-refractivity contribution in [3.63, 3.8) is 0 Å². The first-order valence-electron chi connectivity index (χ1n) is 9.54. The topological polar surface area (TPSA) is 110 Å². The molecule has 0 spiro atoms. The van der Waals surface area contributed by atoms with E-state index < -0.39 is 17.4 Å². The summed E-state index contributed by atoms with van der Waals surface area (Å²) in [5, 5.41) is 16.7. The van der Waals surface area contributed by atoms with Crippen LogP contribution >= 0.6 is 0 Å². The molecule has 4 heterocycles. The number of ketones is 2. The Balaban J connectivity index is 1.57. The molecule has 146 valence electrons. The molecule has 0 saturated carbocycles. The Morgan fingerprint density at radius 1 is 1.41 bits per heavy atom. The van der Waals surface area contributed by atoms with E-state index in [0.29, 0.717) is 30.0 Å². The largest absolute Gasteiger partial charge is 0.396 e. The fourth-order valence-corrected chi connectivity index (χ4v) is 5.44. The van der Waals surface area contributed by atoms with Gasteiger partial charge in [-0.25, -0.2) is 0 Å². The van der Waals surface area contributed by atoms with Crippen LogP contribution in [0.1, 0.15) is 26.7 Å². The van der Waals surface area contributed by atoms with E-state index in [1.165, 1.54) is 0 Å². The lowest BCUT2D eigenvalue weighted by molar-refractivity contribution is -0.137. The Morgan fingerprint density at radius 2 is 2.19 bits per heavy atom. The number of aliphatic hydroxyl groups is 1. The number of hydrogen-bond acceptors (Lipinski definition) is 8. The number of carbonyl (C=O) groups excluding carboxylic acids is 2. The van der Waals surface area contributed by atoms with Crippen LogP contribution in [0.5, 0.6) is 0 Å². The Morgan fingerprint density at radius 3 is 2.81 bits per heavy atom. The van der Waals surface area contributed by atoms with E-state index in [0.717, 1.165) is 12.8 Å². The standard InChI is InChI=1S/C19H25N3O5/c1-9-13(21-18(2)5-4-6-27-18)16(25)12-10(8-23)19(26-3)17-11(20-17)7-22(19)14(12)15(9)24/h10-11,17,20-21,23H,4-8H2,1-3H3. The molecule has 5 atom stereocenters. The summed E-state index contributed by atoms with van der Waals surface area (Å²) in [6.07, 6.45) is 1.67. The fourth-order valence-electron chi connectivity index (χ4n) is 5.44. The predicted molar refractivity (Wildman–Crippen MR) is 94.2 cm³/mol. The molecule has 1 aliphatic carbocycles. The van der Waals surface area contributed by atoms with Crippen LogP contribution in [0, 0.1) is 5.92 Å². The molecule has 5 rings (SSSR count). The number of nitrogens with one attached hydrogen (secondary N) is 2. The van der Waals surface area contributed by atoms with Gasteiger partial charge in [0.25, 0.3) is 0 Å². The maximum Gasteiger partial charge on any atom is 0.208 e. The molecular weight excluding hydrogens is 350 g/mol. The molecule has 5 aliphatic rings. The first kappa shape index (κ1) is 17.4. The van der Waals surface area contributed by atoms with Crippen LogP contribution < -0.4 is 10.6 Å². The van der Waals surface area contributed by atoms with E-state index in [1.54, 1.807) is 14.0 Å². The molecule has 3 saturated heterocycles. The van der Waals surface area contributed by atoms with Gasteiger partial charge in [-0.05, 0) is 26.7 Å². The summed E-state index contributed by atoms with van der Waals surface area (Å²) in [6, 6.07) is 0.240. The number of ether oxygens (including phenoxy) is 2. The normalized spacial score (nSPS) is 42.7. The molecule has 27 heavy (non-hydrogen) atoms. The minimum Gasteiger partial charge on any atom is -0.396 e. The summed E-state index contributed by atoms with van der Waals surface area (Å²) in [4.78, 5) is 28.7. The molecule has 5 unspecified atom stereocenters. The molecule has 0 radical (unpaired) electrons. The van der Waals surface area contributed by atoms with Crippen molar-refractivity contribution in [1.29, 1.82) is 0 Å². The number of Topliss-reactive ketones (excluding diaryl/α,β-unsaturated/α-hetero) is 2. The smallest absolute Gasteiger partial charge is 0.208 e. The lowest BCUT2D eigenvalue weighted by atomic mass is 9.82. The minimum atomic E-state index is -0.876. The molecule has 8 nitrogen and oxygen atoms in total. The van der Waals surface area contributed by atoms with Gasteiger partial charge >= 0.3 is 0 Å². The van der Waals surface area contributed by atoms with Crippen molar-refractivity contribution in [2.24, 2.45) is 5.92 Å². The molecule has 0 aromatic carbocycles. The molecule has 0 amide bonds. The number of aliphatic hydroxyl groups excluding tert-OH is 1. The van der Waals surface area contributed by atoms with Gasteiger partial charge < -0.3 is 30.1 Å². The number of piperazine rings is 1. The maximum absolute atomic E-state index is 13.5. The van der Waals surface area contributed by atoms with Crippen LogP contribution in [0.25, 0.3) is 0 Å². The summed E-state index contributed by atoms with van der Waals surface area (Å²) >= 11 is 0. The van der Waals surface area contributed by atoms with Crippen LogP contribution in [0.3, 0.4) is 0 Å². The van der Waals surface area contributed by atoms with E-state index in [-0.39, 0.29) is 36.0 Å². The third kappa shape index (κ3) is 2.01. The highest BCUT2D eigenvalue weighted by Gasteiger charge is 2.72. The third-order valence-electron chi connectivity index (χ3n) is 6.83. The SMILES string of the molecule is COC12C(CO)C3=C(C(=O)C(C)=C(NC4(C)CCCO4)C3=O)N1CC1NC12. The predicted octanol–water partition coefficient (Wildman–Crippen LogP) is -0.597. The minimum absolute atomic E-state index is 0.0123. The molecule has 0 bridgehead atoms. The Bertz CT molecular complexity index is 812. The molecular formula is C19H25N3O5. The van der Waals surface area contributed by atoms with Gasteiger partial charge in [0, 0.05) is 37.4 Å². The zero-order valence-electron chi connectivity index (χ0n) is 15.8. The Hall–Kier alpha value is -1.74. The third-order valence-corrected chi connectivity index (χ3v) is 6.83. The summed E-state index contributed by atoms with van der Waals surface area (Å²) in [5.74, 6) is -0.977. The number of allylic oxidation sites excluding steroid dienone is 2. The van der Waals surface area contributed by atoms with Crippen LogP contribution in [0.4, 0.5) is 0 Å². The van der Waals surface area contributed by atoms with Crippen molar-refractivity contribution < 1.29 is 24.2 Å². The van der Waals surface area contributed by atoms with Crippen LogP contribution in [-0.2, 0) is 19.1 Å². The summed E-state index contributed by atoms with van der Waals surface area (Å²) in [5.41, 5.74) is -0.0849. The lowest BCUT2D eigenvalue weighted by Crippen LogP contribution is -2.54. The van der Waals surface area contributed by atoms with Gasteiger partial charge in [-0.3, -0.25) is 9.59 Å².